The number of nitrogens with two attached hydrogens (primary N) is 1. The highest BCUT2D eigenvalue weighted by atomic mass is 16.6. The van der Waals surface area contributed by atoms with Crippen molar-refractivity contribution in [2.24, 2.45) is 0 Å². The van der Waals surface area contributed by atoms with Crippen LogP contribution in [0.4, 0.5) is 5.69 Å². The monoisotopic (exact) mass is 239 g/mol. The zero-order valence-corrected chi connectivity index (χ0v) is 9.85. The summed E-state index contributed by atoms with van der Waals surface area (Å²) in [4.78, 5) is 11.2. The van der Waals surface area contributed by atoms with Gasteiger partial charge in [-0.2, -0.15) is 0 Å². The molecule has 17 heavy (non-hydrogen) atoms. The molecule has 0 aliphatic rings. The fourth-order valence-corrected chi connectivity index (χ4v) is 1.15. The Labute approximate surface area is 100 Å². The Bertz CT molecular complexity index is 354. The van der Waals surface area contributed by atoms with E-state index in [2.05, 4.69) is 0 Å². The predicted octanol–water partition coefficient (Wildman–Crippen LogP) is 1.23. The number of esters is 1. The number of hydrogen-bond donors (Lipinski definition) is 1. The molecule has 2 N–H and O–H groups in total. The quantitative estimate of drug-likeness (QED) is 0.440. The van der Waals surface area contributed by atoms with Crippen LogP contribution < -0.4 is 10.5 Å². The number of hydrogen-bond acceptors (Lipinski definition) is 5. The van der Waals surface area contributed by atoms with Crippen molar-refractivity contribution in [2.75, 3.05) is 32.2 Å². The third-order valence-electron chi connectivity index (χ3n) is 1.91. The Balaban J connectivity index is 2.19. The lowest BCUT2D eigenvalue weighted by Gasteiger charge is -2.07. The molecule has 5 heteroatoms. The molecule has 0 aliphatic carbocycles. The second-order valence-electron chi connectivity index (χ2n) is 3.28. The average molecular weight is 239 g/mol. The summed E-state index contributed by atoms with van der Waals surface area (Å²) in [5.74, 6) is 0.124. The van der Waals surface area contributed by atoms with Gasteiger partial charge in [0.1, 0.15) is 12.4 Å². The molecule has 0 aliphatic heterocycles. The highest BCUT2D eigenvalue weighted by Crippen LogP contribution is 2.14. The van der Waals surface area contributed by atoms with Crippen molar-refractivity contribution in [3.05, 3.63) is 24.3 Å². The molecular weight excluding hydrogens is 222 g/mol. The van der Waals surface area contributed by atoms with Crippen molar-refractivity contribution >= 4 is 11.7 Å². The van der Waals surface area contributed by atoms with Crippen LogP contribution >= 0.6 is 0 Å². The molecule has 0 fully saturated rings. The Morgan fingerprint density at radius 2 is 2.18 bits per heavy atom. The summed E-state index contributed by atoms with van der Waals surface area (Å²) >= 11 is 0. The molecule has 0 amide bonds. The van der Waals surface area contributed by atoms with Gasteiger partial charge < -0.3 is 19.9 Å². The zero-order valence-electron chi connectivity index (χ0n) is 9.85. The Morgan fingerprint density at radius 1 is 1.35 bits per heavy atom. The number of carbonyl (C=O) groups is 1. The normalized spacial score (nSPS) is 9.94. The lowest BCUT2D eigenvalue weighted by molar-refractivity contribution is -0.147. The molecule has 0 spiro atoms. The Hall–Kier alpha value is -1.75. The van der Waals surface area contributed by atoms with E-state index in [-0.39, 0.29) is 13.2 Å². The van der Waals surface area contributed by atoms with E-state index in [0.717, 1.165) is 0 Å². The van der Waals surface area contributed by atoms with Crippen LogP contribution in [0.5, 0.6) is 5.75 Å². The van der Waals surface area contributed by atoms with Crippen LogP contribution in [0.1, 0.15) is 6.92 Å². The lowest BCUT2D eigenvalue weighted by Crippen LogP contribution is -2.17. The summed E-state index contributed by atoms with van der Waals surface area (Å²) in [5.41, 5.74) is 6.16. The molecule has 1 rings (SSSR count). The molecule has 0 heterocycles. The first-order chi connectivity index (χ1) is 8.22. The van der Waals surface area contributed by atoms with Gasteiger partial charge in [0.05, 0.1) is 6.61 Å². The summed E-state index contributed by atoms with van der Waals surface area (Å²) in [6.45, 7) is 3.01. The molecule has 0 bridgehead atoms. The standard InChI is InChI=1S/C12H17NO4/c1-2-15-6-7-16-12(14)9-17-11-5-3-4-10(13)8-11/h3-5,8H,2,6-7,9,13H2,1H3. The maximum Gasteiger partial charge on any atom is 0.344 e. The number of benzene rings is 1. The van der Waals surface area contributed by atoms with Crippen molar-refractivity contribution in [1.29, 1.82) is 0 Å². The van der Waals surface area contributed by atoms with Gasteiger partial charge in [-0.05, 0) is 19.1 Å². The summed E-state index contributed by atoms with van der Waals surface area (Å²) in [6, 6.07) is 6.87. The van der Waals surface area contributed by atoms with Crippen LogP contribution in [0.15, 0.2) is 24.3 Å². The highest BCUT2D eigenvalue weighted by molar-refractivity contribution is 5.71. The average Bonchev–Trinajstić information content (AvgIpc) is 2.32. The van der Waals surface area contributed by atoms with Crippen LogP contribution in [0.2, 0.25) is 0 Å². The van der Waals surface area contributed by atoms with Gasteiger partial charge in [-0.25, -0.2) is 4.79 Å². The van der Waals surface area contributed by atoms with Crippen LogP contribution in [-0.4, -0.2) is 32.4 Å². The van der Waals surface area contributed by atoms with Gasteiger partial charge in [0.2, 0.25) is 0 Å². The van der Waals surface area contributed by atoms with E-state index in [1.807, 2.05) is 6.92 Å². The van der Waals surface area contributed by atoms with Gasteiger partial charge in [0, 0.05) is 18.4 Å². The Kier molecular flexibility index (Phi) is 5.88. The summed E-state index contributed by atoms with van der Waals surface area (Å²) in [7, 11) is 0. The number of ether oxygens (including phenoxy) is 3. The largest absolute Gasteiger partial charge is 0.482 e. The minimum atomic E-state index is -0.424. The maximum atomic E-state index is 11.2. The lowest BCUT2D eigenvalue weighted by atomic mass is 10.3. The van der Waals surface area contributed by atoms with E-state index in [4.69, 9.17) is 19.9 Å². The molecular formula is C12H17NO4. The first-order valence-electron chi connectivity index (χ1n) is 5.44. The molecule has 0 radical (unpaired) electrons. The van der Waals surface area contributed by atoms with Gasteiger partial charge in [0.15, 0.2) is 6.61 Å². The fourth-order valence-electron chi connectivity index (χ4n) is 1.15. The molecule has 0 atom stereocenters. The summed E-state index contributed by atoms with van der Waals surface area (Å²) < 4.78 is 15.1. The fraction of sp³-hybridized carbons (Fsp3) is 0.417. The molecule has 0 saturated carbocycles. The number of nitrogen functional groups attached to an aromatic ring is 1. The second kappa shape index (κ2) is 7.51. The zero-order chi connectivity index (χ0) is 12.5. The summed E-state index contributed by atoms with van der Waals surface area (Å²) in [6.07, 6.45) is 0. The minimum absolute atomic E-state index is 0.129. The van der Waals surface area contributed by atoms with Crippen LogP contribution in [0.3, 0.4) is 0 Å². The number of carbonyl (C=O) groups excluding carboxylic acids is 1. The Morgan fingerprint density at radius 3 is 2.88 bits per heavy atom. The SMILES string of the molecule is CCOCCOC(=O)COc1cccc(N)c1. The van der Waals surface area contributed by atoms with E-state index >= 15 is 0 Å². The van der Waals surface area contributed by atoms with Crippen LogP contribution in [0.25, 0.3) is 0 Å². The predicted molar refractivity (Wildman–Crippen MR) is 63.8 cm³/mol. The van der Waals surface area contributed by atoms with Gasteiger partial charge in [-0.3, -0.25) is 0 Å². The van der Waals surface area contributed by atoms with E-state index < -0.39 is 5.97 Å². The number of rotatable bonds is 7. The maximum absolute atomic E-state index is 11.2. The van der Waals surface area contributed by atoms with E-state index in [1.54, 1.807) is 24.3 Å². The van der Waals surface area contributed by atoms with Crippen molar-refractivity contribution in [3.8, 4) is 5.75 Å². The van der Waals surface area contributed by atoms with E-state index in [1.165, 1.54) is 0 Å². The molecule has 0 unspecified atom stereocenters. The topological polar surface area (TPSA) is 70.8 Å². The third-order valence-corrected chi connectivity index (χ3v) is 1.91. The van der Waals surface area contributed by atoms with Crippen molar-refractivity contribution < 1.29 is 19.0 Å². The van der Waals surface area contributed by atoms with Gasteiger partial charge >= 0.3 is 5.97 Å². The smallest absolute Gasteiger partial charge is 0.344 e. The molecule has 94 valence electrons. The molecule has 5 nitrogen and oxygen atoms in total. The number of anilines is 1. The highest BCUT2D eigenvalue weighted by Gasteiger charge is 2.04. The van der Waals surface area contributed by atoms with Gasteiger partial charge in [-0.15, -0.1) is 0 Å². The third kappa shape index (κ3) is 5.77. The first-order valence-corrected chi connectivity index (χ1v) is 5.44. The molecule has 0 saturated heterocycles. The van der Waals surface area contributed by atoms with Crippen LogP contribution in [-0.2, 0) is 14.3 Å². The second-order valence-corrected chi connectivity index (χ2v) is 3.28. The van der Waals surface area contributed by atoms with Crippen molar-refractivity contribution in [2.45, 2.75) is 6.92 Å². The van der Waals surface area contributed by atoms with Crippen molar-refractivity contribution in [3.63, 3.8) is 0 Å². The van der Waals surface area contributed by atoms with Crippen molar-refractivity contribution in [1.82, 2.24) is 0 Å². The molecule has 1 aromatic rings. The van der Waals surface area contributed by atoms with Gasteiger partial charge in [0.25, 0.3) is 0 Å². The van der Waals surface area contributed by atoms with E-state index in [9.17, 15) is 4.79 Å². The van der Waals surface area contributed by atoms with Crippen LogP contribution in [0, 0.1) is 0 Å². The first kappa shape index (κ1) is 13.3. The minimum Gasteiger partial charge on any atom is -0.482 e. The van der Waals surface area contributed by atoms with Gasteiger partial charge in [-0.1, -0.05) is 6.07 Å². The summed E-state index contributed by atoms with van der Waals surface area (Å²) in [5, 5.41) is 0. The molecule has 0 aromatic heterocycles. The van der Waals surface area contributed by atoms with E-state index in [0.29, 0.717) is 24.7 Å². The molecule has 1 aromatic carbocycles.